The number of aryl methyl sites for hydroxylation is 1. The van der Waals surface area contributed by atoms with Crippen molar-refractivity contribution in [2.75, 3.05) is 13.2 Å². The second-order valence-electron chi connectivity index (χ2n) is 5.54. The van der Waals surface area contributed by atoms with Crippen LogP contribution in [0.1, 0.15) is 28.4 Å². The highest BCUT2D eigenvalue weighted by Crippen LogP contribution is 2.13. The molecule has 0 aliphatic rings. The van der Waals surface area contributed by atoms with E-state index in [2.05, 4.69) is 0 Å². The molecular formula is C21H19NO4. The Morgan fingerprint density at radius 3 is 2.31 bits per heavy atom. The van der Waals surface area contributed by atoms with Gasteiger partial charge in [0.05, 0.1) is 6.61 Å². The molecule has 0 saturated heterocycles. The van der Waals surface area contributed by atoms with E-state index < -0.39 is 12.6 Å². The van der Waals surface area contributed by atoms with Gasteiger partial charge < -0.3 is 9.47 Å². The summed E-state index contributed by atoms with van der Waals surface area (Å²) in [6, 6.07) is 15.7. The minimum absolute atomic E-state index is 0.159. The summed E-state index contributed by atoms with van der Waals surface area (Å²) in [5.74, 6) is -0.518. The predicted molar refractivity (Wildman–Crippen MR) is 97.7 cm³/mol. The van der Waals surface area contributed by atoms with Crippen LogP contribution in [-0.2, 0) is 9.53 Å². The molecule has 0 amide bonds. The van der Waals surface area contributed by atoms with Crippen molar-refractivity contribution in [3.8, 4) is 11.8 Å². The van der Waals surface area contributed by atoms with Gasteiger partial charge in [-0.3, -0.25) is 4.79 Å². The van der Waals surface area contributed by atoms with Crippen LogP contribution in [0.15, 0.2) is 54.1 Å². The molecule has 2 aromatic rings. The molecule has 0 spiro atoms. The van der Waals surface area contributed by atoms with Crippen LogP contribution < -0.4 is 4.74 Å². The van der Waals surface area contributed by atoms with Gasteiger partial charge in [0.15, 0.2) is 12.4 Å². The summed E-state index contributed by atoms with van der Waals surface area (Å²) in [4.78, 5) is 24.1. The number of esters is 1. The van der Waals surface area contributed by atoms with Crippen molar-refractivity contribution in [1.82, 2.24) is 0 Å². The maximum absolute atomic E-state index is 12.1. The highest BCUT2D eigenvalue weighted by molar-refractivity contribution is 6.01. The molecule has 0 radical (unpaired) electrons. The molecular weight excluding hydrogens is 330 g/mol. The number of ether oxygens (including phenoxy) is 2. The molecule has 5 heteroatoms. The van der Waals surface area contributed by atoms with Gasteiger partial charge in [-0.15, -0.1) is 0 Å². The maximum Gasteiger partial charge on any atom is 0.349 e. The Balaban J connectivity index is 1.98. The molecule has 0 heterocycles. The van der Waals surface area contributed by atoms with Crippen molar-refractivity contribution in [3.05, 3.63) is 70.8 Å². The van der Waals surface area contributed by atoms with Crippen LogP contribution in [0, 0.1) is 18.3 Å². The van der Waals surface area contributed by atoms with Crippen LogP contribution in [0.25, 0.3) is 6.08 Å². The zero-order valence-corrected chi connectivity index (χ0v) is 14.7. The molecule has 0 aliphatic heterocycles. The Kier molecular flexibility index (Phi) is 6.69. The van der Waals surface area contributed by atoms with Gasteiger partial charge in [0, 0.05) is 5.56 Å². The minimum atomic E-state index is -0.827. The van der Waals surface area contributed by atoms with Gasteiger partial charge in [0.1, 0.15) is 17.4 Å². The Morgan fingerprint density at radius 1 is 1.08 bits per heavy atom. The fraction of sp³-hybridized carbons (Fsp3) is 0.190. The minimum Gasteiger partial charge on any atom is -0.494 e. The molecule has 2 aromatic carbocycles. The van der Waals surface area contributed by atoms with Crippen LogP contribution >= 0.6 is 0 Å². The summed E-state index contributed by atoms with van der Waals surface area (Å²) < 4.78 is 10.3. The lowest BCUT2D eigenvalue weighted by Crippen LogP contribution is -2.15. The third-order valence-corrected chi connectivity index (χ3v) is 3.55. The zero-order chi connectivity index (χ0) is 18.9. The number of ketones is 1. The van der Waals surface area contributed by atoms with Crippen molar-refractivity contribution in [2.24, 2.45) is 0 Å². The van der Waals surface area contributed by atoms with Crippen molar-refractivity contribution in [3.63, 3.8) is 0 Å². The summed E-state index contributed by atoms with van der Waals surface area (Å²) in [5.41, 5.74) is 2.03. The number of rotatable bonds is 7. The van der Waals surface area contributed by atoms with Gasteiger partial charge >= 0.3 is 5.97 Å². The van der Waals surface area contributed by atoms with E-state index in [0.29, 0.717) is 23.5 Å². The maximum atomic E-state index is 12.1. The normalized spacial score (nSPS) is 10.7. The topological polar surface area (TPSA) is 76.4 Å². The Morgan fingerprint density at radius 2 is 1.73 bits per heavy atom. The average molecular weight is 349 g/mol. The SMILES string of the molecule is CCOc1ccc(C(=O)COC(=O)/C(C#N)=C/c2ccc(C)cc2)cc1. The Bertz CT molecular complexity index is 843. The second-order valence-corrected chi connectivity index (χ2v) is 5.54. The molecule has 0 atom stereocenters. The fourth-order valence-corrected chi connectivity index (χ4v) is 2.16. The lowest BCUT2D eigenvalue weighted by Gasteiger charge is -2.06. The molecule has 0 N–H and O–H groups in total. The van der Waals surface area contributed by atoms with Gasteiger partial charge in [-0.1, -0.05) is 29.8 Å². The van der Waals surface area contributed by atoms with Crippen molar-refractivity contribution in [1.29, 1.82) is 5.26 Å². The molecule has 2 rings (SSSR count). The second kappa shape index (κ2) is 9.19. The Hall–Kier alpha value is -3.39. The van der Waals surface area contributed by atoms with E-state index in [0.717, 1.165) is 5.56 Å². The van der Waals surface area contributed by atoms with E-state index in [9.17, 15) is 9.59 Å². The van der Waals surface area contributed by atoms with Crippen molar-refractivity contribution in [2.45, 2.75) is 13.8 Å². The molecule has 132 valence electrons. The average Bonchev–Trinajstić information content (AvgIpc) is 2.66. The number of hydrogen-bond acceptors (Lipinski definition) is 5. The molecule has 0 bridgehead atoms. The summed E-state index contributed by atoms with van der Waals surface area (Å²) in [7, 11) is 0. The number of nitrogens with zero attached hydrogens (tertiary/aromatic N) is 1. The summed E-state index contributed by atoms with van der Waals surface area (Å²) >= 11 is 0. The third kappa shape index (κ3) is 5.32. The van der Waals surface area contributed by atoms with Crippen LogP contribution in [0.5, 0.6) is 5.75 Å². The lowest BCUT2D eigenvalue weighted by atomic mass is 10.1. The van der Waals surface area contributed by atoms with E-state index in [4.69, 9.17) is 14.7 Å². The van der Waals surface area contributed by atoms with Gasteiger partial charge in [-0.25, -0.2) is 4.79 Å². The first-order chi connectivity index (χ1) is 12.5. The molecule has 0 fully saturated rings. The molecule has 0 saturated carbocycles. The van der Waals surface area contributed by atoms with Crippen LogP contribution in [0.3, 0.4) is 0 Å². The first-order valence-electron chi connectivity index (χ1n) is 8.15. The number of benzene rings is 2. The van der Waals surface area contributed by atoms with Crippen molar-refractivity contribution >= 4 is 17.8 Å². The summed E-state index contributed by atoms with van der Waals surface area (Å²) in [6.07, 6.45) is 1.43. The van der Waals surface area contributed by atoms with Crippen LogP contribution in [0.2, 0.25) is 0 Å². The monoisotopic (exact) mass is 349 g/mol. The predicted octanol–water partition coefficient (Wildman–Crippen LogP) is 3.73. The van der Waals surface area contributed by atoms with E-state index >= 15 is 0 Å². The highest BCUT2D eigenvalue weighted by atomic mass is 16.5. The van der Waals surface area contributed by atoms with E-state index in [-0.39, 0.29) is 11.4 Å². The molecule has 26 heavy (non-hydrogen) atoms. The summed E-state index contributed by atoms with van der Waals surface area (Å²) in [6.45, 7) is 3.92. The zero-order valence-electron chi connectivity index (χ0n) is 14.7. The highest BCUT2D eigenvalue weighted by Gasteiger charge is 2.14. The number of Topliss-reactive ketones (excluding diaryl/α,β-unsaturated/α-hetero) is 1. The number of carbonyl (C=O) groups excluding carboxylic acids is 2. The first kappa shape index (κ1) is 18.9. The molecule has 0 unspecified atom stereocenters. The lowest BCUT2D eigenvalue weighted by molar-refractivity contribution is -0.137. The smallest absolute Gasteiger partial charge is 0.349 e. The van der Waals surface area contributed by atoms with E-state index in [1.807, 2.05) is 32.0 Å². The third-order valence-electron chi connectivity index (χ3n) is 3.55. The van der Waals surface area contributed by atoms with E-state index in [1.54, 1.807) is 36.4 Å². The van der Waals surface area contributed by atoms with E-state index in [1.165, 1.54) is 6.08 Å². The standard InChI is InChI=1S/C21H19NO4/c1-3-25-19-10-8-17(9-11-19)20(23)14-26-21(24)18(13-22)12-16-6-4-15(2)5-7-16/h4-12H,3,14H2,1-2H3/b18-12+. The molecule has 0 aliphatic carbocycles. The first-order valence-corrected chi connectivity index (χ1v) is 8.15. The summed E-state index contributed by atoms with van der Waals surface area (Å²) in [5, 5.41) is 9.16. The number of carbonyl (C=O) groups is 2. The van der Waals surface area contributed by atoms with Gasteiger partial charge in [0.25, 0.3) is 0 Å². The van der Waals surface area contributed by atoms with Gasteiger partial charge in [-0.05, 0) is 49.8 Å². The Labute approximate surface area is 152 Å². The fourth-order valence-electron chi connectivity index (χ4n) is 2.16. The largest absolute Gasteiger partial charge is 0.494 e. The van der Waals surface area contributed by atoms with Gasteiger partial charge in [0.2, 0.25) is 0 Å². The quantitative estimate of drug-likeness (QED) is 0.329. The number of nitriles is 1. The van der Waals surface area contributed by atoms with Crippen molar-refractivity contribution < 1.29 is 19.1 Å². The number of hydrogen-bond donors (Lipinski definition) is 0. The van der Waals surface area contributed by atoms with Crippen LogP contribution in [-0.4, -0.2) is 25.0 Å². The molecule has 5 nitrogen and oxygen atoms in total. The van der Waals surface area contributed by atoms with Gasteiger partial charge in [-0.2, -0.15) is 5.26 Å². The molecule has 0 aromatic heterocycles. The van der Waals surface area contributed by atoms with Crippen LogP contribution in [0.4, 0.5) is 0 Å².